The first-order chi connectivity index (χ1) is 12.2. The first-order valence-corrected chi connectivity index (χ1v) is 7.99. The van der Waals surface area contributed by atoms with Gasteiger partial charge in [-0.3, -0.25) is 4.79 Å². The summed E-state index contributed by atoms with van der Waals surface area (Å²) in [5.74, 6) is 0.672. The van der Waals surface area contributed by atoms with Crippen LogP contribution in [0.2, 0.25) is 5.02 Å². The predicted octanol–water partition coefficient (Wildman–Crippen LogP) is 2.90. The van der Waals surface area contributed by atoms with Crippen LogP contribution in [0.1, 0.15) is 12.0 Å². The summed E-state index contributed by atoms with van der Waals surface area (Å²) in [5.41, 5.74) is 2.29. The molecular formula is C17H16ClN5O2. The van der Waals surface area contributed by atoms with Gasteiger partial charge in [0.2, 0.25) is 5.91 Å². The zero-order valence-corrected chi connectivity index (χ0v) is 14.3. The monoisotopic (exact) mass is 357 g/mol. The van der Waals surface area contributed by atoms with E-state index in [4.69, 9.17) is 16.3 Å². The van der Waals surface area contributed by atoms with Crippen LogP contribution in [0.15, 0.2) is 48.8 Å². The molecule has 0 spiro atoms. The molecule has 0 unspecified atom stereocenters. The second-order valence-corrected chi connectivity index (χ2v) is 5.72. The fourth-order valence-electron chi connectivity index (χ4n) is 2.29. The number of anilines is 1. The van der Waals surface area contributed by atoms with Gasteiger partial charge in [0, 0.05) is 6.42 Å². The average molecular weight is 358 g/mol. The van der Waals surface area contributed by atoms with Crippen molar-refractivity contribution in [3.05, 3.63) is 59.4 Å². The van der Waals surface area contributed by atoms with Gasteiger partial charge in [-0.1, -0.05) is 23.7 Å². The smallest absolute Gasteiger partial charge is 0.224 e. The van der Waals surface area contributed by atoms with Crippen molar-refractivity contribution in [3.63, 3.8) is 0 Å². The van der Waals surface area contributed by atoms with E-state index < -0.39 is 0 Å². The number of aryl methyl sites for hydroxylation is 1. The maximum absolute atomic E-state index is 12.2. The minimum absolute atomic E-state index is 0.119. The number of carbonyl (C=O) groups excluding carboxylic acids is 1. The van der Waals surface area contributed by atoms with Gasteiger partial charge in [0.05, 0.1) is 23.5 Å². The van der Waals surface area contributed by atoms with Crippen LogP contribution in [0.4, 0.5) is 5.69 Å². The second-order valence-electron chi connectivity index (χ2n) is 5.31. The van der Waals surface area contributed by atoms with Gasteiger partial charge in [0.25, 0.3) is 0 Å². The van der Waals surface area contributed by atoms with Crippen molar-refractivity contribution in [3.8, 4) is 11.4 Å². The fraction of sp³-hybridized carbons (Fsp3) is 0.176. The Morgan fingerprint density at radius 3 is 2.72 bits per heavy atom. The molecule has 1 N–H and O–H groups in total. The maximum Gasteiger partial charge on any atom is 0.224 e. The van der Waals surface area contributed by atoms with Crippen LogP contribution in [-0.2, 0) is 11.2 Å². The first kappa shape index (κ1) is 16.9. The number of methoxy groups -OCH3 is 1. The summed E-state index contributed by atoms with van der Waals surface area (Å²) in [5, 5.41) is 14.3. The fourth-order valence-corrected chi connectivity index (χ4v) is 2.46. The zero-order valence-electron chi connectivity index (χ0n) is 13.5. The van der Waals surface area contributed by atoms with E-state index in [1.807, 2.05) is 24.3 Å². The van der Waals surface area contributed by atoms with Gasteiger partial charge < -0.3 is 10.1 Å². The topological polar surface area (TPSA) is 81.9 Å². The lowest BCUT2D eigenvalue weighted by Gasteiger charge is -2.09. The van der Waals surface area contributed by atoms with Crippen molar-refractivity contribution >= 4 is 23.2 Å². The van der Waals surface area contributed by atoms with Gasteiger partial charge in [-0.25, -0.2) is 4.68 Å². The van der Waals surface area contributed by atoms with Crippen molar-refractivity contribution in [2.45, 2.75) is 12.8 Å². The van der Waals surface area contributed by atoms with Crippen LogP contribution in [0.3, 0.4) is 0 Å². The highest BCUT2D eigenvalue weighted by atomic mass is 35.5. The molecule has 0 radical (unpaired) electrons. The highest BCUT2D eigenvalue weighted by molar-refractivity contribution is 6.33. The minimum Gasteiger partial charge on any atom is -0.497 e. The number of amides is 1. The lowest BCUT2D eigenvalue weighted by Crippen LogP contribution is -2.13. The number of carbonyl (C=O) groups is 1. The van der Waals surface area contributed by atoms with E-state index in [-0.39, 0.29) is 5.91 Å². The predicted molar refractivity (Wildman–Crippen MR) is 94.1 cm³/mol. The Morgan fingerprint density at radius 2 is 2.04 bits per heavy atom. The minimum atomic E-state index is -0.119. The van der Waals surface area contributed by atoms with Crippen molar-refractivity contribution in [1.29, 1.82) is 0 Å². The van der Waals surface area contributed by atoms with Crippen molar-refractivity contribution in [2.75, 3.05) is 12.4 Å². The summed E-state index contributed by atoms with van der Waals surface area (Å²) in [7, 11) is 1.62. The molecule has 1 aromatic heterocycles. The molecule has 25 heavy (non-hydrogen) atoms. The van der Waals surface area contributed by atoms with Crippen LogP contribution in [-0.4, -0.2) is 33.2 Å². The van der Waals surface area contributed by atoms with Gasteiger partial charge >= 0.3 is 0 Å². The van der Waals surface area contributed by atoms with E-state index in [1.165, 1.54) is 11.0 Å². The molecule has 128 valence electrons. The molecule has 0 saturated carbocycles. The summed E-state index contributed by atoms with van der Waals surface area (Å²) in [6, 6.07) is 12.8. The van der Waals surface area contributed by atoms with Gasteiger partial charge in [0.1, 0.15) is 12.1 Å². The molecule has 8 heteroatoms. The normalized spacial score (nSPS) is 10.5. The van der Waals surface area contributed by atoms with Crippen molar-refractivity contribution < 1.29 is 9.53 Å². The Hall–Kier alpha value is -2.93. The molecule has 0 aliphatic rings. The van der Waals surface area contributed by atoms with E-state index >= 15 is 0 Å². The molecule has 0 aliphatic heterocycles. The highest BCUT2D eigenvalue weighted by Gasteiger charge is 2.09. The Bertz CT molecular complexity index is 850. The molecule has 3 rings (SSSR count). The number of rotatable bonds is 6. The quantitative estimate of drug-likeness (QED) is 0.733. The van der Waals surface area contributed by atoms with Gasteiger partial charge in [0.15, 0.2) is 0 Å². The molecule has 3 aromatic rings. The molecule has 7 nitrogen and oxygen atoms in total. The van der Waals surface area contributed by atoms with E-state index in [9.17, 15) is 4.79 Å². The number of benzene rings is 2. The lowest BCUT2D eigenvalue weighted by molar-refractivity contribution is -0.116. The second kappa shape index (κ2) is 7.76. The molecule has 0 aliphatic carbocycles. The number of nitrogens with one attached hydrogen (secondary N) is 1. The third-order valence-electron chi connectivity index (χ3n) is 3.64. The zero-order chi connectivity index (χ0) is 17.6. The average Bonchev–Trinajstić information content (AvgIpc) is 3.17. The first-order valence-electron chi connectivity index (χ1n) is 7.61. The summed E-state index contributed by atoms with van der Waals surface area (Å²) in [6.07, 6.45) is 2.44. The van der Waals surface area contributed by atoms with Gasteiger partial charge in [-0.15, -0.1) is 5.10 Å². The molecule has 0 saturated heterocycles. The third-order valence-corrected chi connectivity index (χ3v) is 3.97. The molecular weight excluding hydrogens is 342 g/mol. The number of ether oxygens (including phenoxy) is 1. The Morgan fingerprint density at radius 1 is 1.24 bits per heavy atom. The van der Waals surface area contributed by atoms with Crippen LogP contribution < -0.4 is 10.1 Å². The third kappa shape index (κ3) is 4.33. The number of hydrogen-bond donors (Lipinski definition) is 1. The number of tetrazole rings is 1. The molecule has 0 fully saturated rings. The highest BCUT2D eigenvalue weighted by Crippen LogP contribution is 2.24. The lowest BCUT2D eigenvalue weighted by atomic mass is 10.1. The van der Waals surface area contributed by atoms with E-state index in [0.717, 1.165) is 11.3 Å². The van der Waals surface area contributed by atoms with Gasteiger partial charge in [-0.05, 0) is 52.7 Å². The molecule has 1 amide bonds. The SMILES string of the molecule is COc1ccc(CCC(=O)Nc2cc(-n3cnnn3)ccc2Cl)cc1. The Labute approximate surface area is 149 Å². The molecule has 0 atom stereocenters. The van der Waals surface area contributed by atoms with Gasteiger partial charge in [-0.2, -0.15) is 0 Å². The number of nitrogens with zero attached hydrogens (tertiary/aromatic N) is 4. The van der Waals surface area contributed by atoms with Crippen molar-refractivity contribution in [2.24, 2.45) is 0 Å². The van der Waals surface area contributed by atoms with Crippen LogP contribution in [0, 0.1) is 0 Å². The number of halogens is 1. The largest absolute Gasteiger partial charge is 0.497 e. The summed E-state index contributed by atoms with van der Waals surface area (Å²) in [6.45, 7) is 0. The molecule has 2 aromatic carbocycles. The van der Waals surface area contributed by atoms with E-state index in [1.54, 1.807) is 25.3 Å². The van der Waals surface area contributed by atoms with E-state index in [0.29, 0.717) is 29.2 Å². The van der Waals surface area contributed by atoms with Crippen LogP contribution in [0.5, 0.6) is 5.75 Å². The summed E-state index contributed by atoms with van der Waals surface area (Å²) >= 11 is 6.16. The summed E-state index contributed by atoms with van der Waals surface area (Å²) < 4.78 is 6.61. The van der Waals surface area contributed by atoms with E-state index in [2.05, 4.69) is 20.8 Å². The van der Waals surface area contributed by atoms with Crippen LogP contribution >= 0.6 is 11.6 Å². The maximum atomic E-state index is 12.2. The van der Waals surface area contributed by atoms with Crippen molar-refractivity contribution in [1.82, 2.24) is 20.2 Å². The summed E-state index contributed by atoms with van der Waals surface area (Å²) in [4.78, 5) is 12.2. The number of aromatic nitrogens is 4. The molecule has 1 heterocycles. The standard InChI is InChI=1S/C17H16ClN5O2/c1-25-14-6-2-12(3-7-14)4-9-17(24)20-16-10-13(5-8-15(16)18)23-11-19-21-22-23/h2-3,5-8,10-11H,4,9H2,1H3,(H,20,24). The molecule has 0 bridgehead atoms. The Kier molecular flexibility index (Phi) is 5.25. The number of hydrogen-bond acceptors (Lipinski definition) is 5. The van der Waals surface area contributed by atoms with Crippen LogP contribution in [0.25, 0.3) is 5.69 Å². The Balaban J connectivity index is 1.63.